The maximum Gasteiger partial charge on any atom is 0.177 e. The molecule has 0 aliphatic heterocycles. The van der Waals surface area contributed by atoms with Crippen molar-refractivity contribution >= 4 is 45.9 Å². The first-order valence-corrected chi connectivity index (χ1v) is 8.40. The predicted molar refractivity (Wildman–Crippen MR) is 89.4 cm³/mol. The van der Waals surface area contributed by atoms with E-state index in [1.165, 1.54) is 11.8 Å². The van der Waals surface area contributed by atoms with E-state index in [-0.39, 0.29) is 37.8 Å². The minimum absolute atomic E-state index is 0.0652. The van der Waals surface area contributed by atoms with E-state index in [1.54, 1.807) is 0 Å². The Morgan fingerprint density at radius 1 is 1.29 bits per heavy atom. The SMILES string of the molecule is O=C1CC(=O)C(COCCO)C(Sc2ccccc2)=C1I. The van der Waals surface area contributed by atoms with E-state index in [9.17, 15) is 9.59 Å². The molecular formula is C15H15IO4S. The lowest BCUT2D eigenvalue weighted by Gasteiger charge is -2.24. The Balaban J connectivity index is 2.23. The molecule has 1 aliphatic rings. The monoisotopic (exact) mass is 418 g/mol. The van der Waals surface area contributed by atoms with Gasteiger partial charge in [-0.1, -0.05) is 30.0 Å². The van der Waals surface area contributed by atoms with Gasteiger partial charge in [-0.05, 0) is 34.7 Å². The van der Waals surface area contributed by atoms with Gasteiger partial charge in [-0.3, -0.25) is 9.59 Å². The molecule has 0 spiro atoms. The fourth-order valence-electron chi connectivity index (χ4n) is 1.96. The number of halogens is 1. The summed E-state index contributed by atoms with van der Waals surface area (Å²) < 4.78 is 5.92. The molecule has 1 aromatic carbocycles. The van der Waals surface area contributed by atoms with Crippen molar-refractivity contribution in [1.82, 2.24) is 0 Å². The van der Waals surface area contributed by atoms with E-state index in [0.29, 0.717) is 3.58 Å². The van der Waals surface area contributed by atoms with Gasteiger partial charge < -0.3 is 9.84 Å². The Bertz CT molecular complexity index is 556. The molecule has 0 aromatic heterocycles. The lowest BCUT2D eigenvalue weighted by Crippen LogP contribution is -2.29. The molecule has 1 atom stereocenters. The zero-order valence-electron chi connectivity index (χ0n) is 11.3. The molecule has 4 nitrogen and oxygen atoms in total. The van der Waals surface area contributed by atoms with Gasteiger partial charge in [0.05, 0.1) is 35.7 Å². The highest BCUT2D eigenvalue weighted by Crippen LogP contribution is 2.40. The second-order valence-electron chi connectivity index (χ2n) is 4.51. The lowest BCUT2D eigenvalue weighted by molar-refractivity contribution is -0.128. The number of aliphatic hydroxyl groups is 1. The van der Waals surface area contributed by atoms with Gasteiger partial charge in [-0.2, -0.15) is 0 Å². The van der Waals surface area contributed by atoms with Gasteiger partial charge in [0, 0.05) is 9.80 Å². The van der Waals surface area contributed by atoms with Gasteiger partial charge in [-0.25, -0.2) is 0 Å². The minimum Gasteiger partial charge on any atom is -0.394 e. The van der Waals surface area contributed by atoms with Crippen LogP contribution in [0.1, 0.15) is 6.42 Å². The summed E-state index contributed by atoms with van der Waals surface area (Å²) in [5.74, 6) is -0.666. The van der Waals surface area contributed by atoms with Crippen LogP contribution in [0.3, 0.4) is 0 Å². The Morgan fingerprint density at radius 2 is 2.00 bits per heavy atom. The van der Waals surface area contributed by atoms with Crippen LogP contribution in [0.25, 0.3) is 0 Å². The normalized spacial score (nSPS) is 19.2. The van der Waals surface area contributed by atoms with E-state index in [0.717, 1.165) is 9.80 Å². The average Bonchev–Trinajstić information content (AvgIpc) is 2.49. The molecule has 0 saturated heterocycles. The first kappa shape index (κ1) is 16.7. The Kier molecular flexibility index (Phi) is 6.40. The van der Waals surface area contributed by atoms with E-state index in [1.807, 2.05) is 52.9 Å². The van der Waals surface area contributed by atoms with Crippen LogP contribution < -0.4 is 0 Å². The van der Waals surface area contributed by atoms with Crippen LogP contribution in [0, 0.1) is 5.92 Å². The molecular weight excluding hydrogens is 403 g/mol. The molecule has 1 aromatic rings. The Morgan fingerprint density at radius 3 is 2.67 bits per heavy atom. The summed E-state index contributed by atoms with van der Waals surface area (Å²) in [4.78, 5) is 25.8. The van der Waals surface area contributed by atoms with Crippen molar-refractivity contribution in [2.45, 2.75) is 11.3 Å². The predicted octanol–water partition coefficient (Wildman–Crippen LogP) is 2.59. The summed E-state index contributed by atoms with van der Waals surface area (Å²) in [5, 5.41) is 8.77. The number of hydrogen-bond acceptors (Lipinski definition) is 5. The summed E-state index contributed by atoms with van der Waals surface area (Å²) >= 11 is 3.44. The maximum atomic E-state index is 12.1. The van der Waals surface area contributed by atoms with E-state index in [4.69, 9.17) is 9.84 Å². The highest BCUT2D eigenvalue weighted by Gasteiger charge is 2.34. The maximum absolute atomic E-state index is 12.1. The Labute approximate surface area is 141 Å². The van der Waals surface area contributed by atoms with Gasteiger partial charge in [0.2, 0.25) is 0 Å². The van der Waals surface area contributed by atoms with Crippen molar-refractivity contribution in [1.29, 1.82) is 0 Å². The van der Waals surface area contributed by atoms with Crippen molar-refractivity contribution in [3.8, 4) is 0 Å². The third kappa shape index (κ3) is 4.38. The number of rotatable bonds is 6. The summed E-state index contributed by atoms with van der Waals surface area (Å²) in [6.45, 7) is 0.313. The van der Waals surface area contributed by atoms with Gasteiger partial charge >= 0.3 is 0 Å². The number of allylic oxidation sites excluding steroid dienone is 1. The second kappa shape index (κ2) is 8.07. The standard InChI is InChI=1S/C15H15IO4S/c16-14-13(19)8-12(18)11(9-20-7-6-17)15(14)21-10-4-2-1-3-5-10/h1-5,11,17H,6-9H2. The molecule has 6 heteroatoms. The van der Waals surface area contributed by atoms with Crippen molar-refractivity contribution in [3.05, 3.63) is 38.8 Å². The van der Waals surface area contributed by atoms with Crippen LogP contribution in [-0.2, 0) is 14.3 Å². The minimum atomic E-state index is -0.425. The second-order valence-corrected chi connectivity index (χ2v) is 6.70. The fourth-order valence-corrected chi connectivity index (χ4v) is 3.95. The number of aliphatic hydroxyl groups excluding tert-OH is 1. The van der Waals surface area contributed by atoms with E-state index in [2.05, 4.69) is 0 Å². The molecule has 1 aliphatic carbocycles. The Hall–Kier alpha value is -0.700. The van der Waals surface area contributed by atoms with Crippen LogP contribution >= 0.6 is 34.4 Å². The number of ether oxygens (including phenoxy) is 1. The molecule has 2 rings (SSSR count). The van der Waals surface area contributed by atoms with E-state index >= 15 is 0 Å². The van der Waals surface area contributed by atoms with Crippen molar-refractivity contribution in [2.75, 3.05) is 19.8 Å². The van der Waals surface area contributed by atoms with Gasteiger partial charge in [0.1, 0.15) is 0 Å². The zero-order chi connectivity index (χ0) is 15.2. The first-order chi connectivity index (χ1) is 10.1. The number of ketones is 2. The average molecular weight is 418 g/mol. The number of hydrogen-bond donors (Lipinski definition) is 1. The smallest absolute Gasteiger partial charge is 0.177 e. The quantitative estimate of drug-likeness (QED) is 0.437. The third-order valence-electron chi connectivity index (χ3n) is 2.99. The van der Waals surface area contributed by atoms with Crippen LogP contribution in [0.4, 0.5) is 0 Å². The molecule has 0 fully saturated rings. The van der Waals surface area contributed by atoms with Crippen molar-refractivity contribution in [2.24, 2.45) is 5.92 Å². The highest BCUT2D eigenvalue weighted by molar-refractivity contribution is 14.1. The van der Waals surface area contributed by atoms with Crippen LogP contribution in [-0.4, -0.2) is 36.5 Å². The molecule has 0 heterocycles. The number of thioether (sulfide) groups is 1. The zero-order valence-corrected chi connectivity index (χ0v) is 14.2. The first-order valence-electron chi connectivity index (χ1n) is 6.50. The summed E-state index contributed by atoms with van der Waals surface area (Å²) in [6.07, 6.45) is -0.0652. The number of carbonyl (C=O) groups excluding carboxylic acids is 2. The van der Waals surface area contributed by atoms with Gasteiger partial charge in [0.15, 0.2) is 11.6 Å². The van der Waals surface area contributed by atoms with Crippen molar-refractivity contribution in [3.63, 3.8) is 0 Å². The molecule has 0 bridgehead atoms. The molecule has 0 amide bonds. The number of Topliss-reactive ketones (excluding diaryl/α,β-unsaturated/α-hetero) is 2. The molecule has 21 heavy (non-hydrogen) atoms. The van der Waals surface area contributed by atoms with E-state index < -0.39 is 5.92 Å². The van der Waals surface area contributed by atoms with Gasteiger partial charge in [-0.15, -0.1) is 0 Å². The molecule has 0 radical (unpaired) electrons. The number of benzene rings is 1. The van der Waals surface area contributed by atoms with Gasteiger partial charge in [0.25, 0.3) is 0 Å². The molecule has 1 N–H and O–H groups in total. The lowest BCUT2D eigenvalue weighted by atomic mass is 9.94. The fraction of sp³-hybridized carbons (Fsp3) is 0.333. The highest BCUT2D eigenvalue weighted by atomic mass is 127. The topological polar surface area (TPSA) is 63.6 Å². The largest absolute Gasteiger partial charge is 0.394 e. The third-order valence-corrected chi connectivity index (χ3v) is 5.76. The van der Waals surface area contributed by atoms with Crippen molar-refractivity contribution < 1.29 is 19.4 Å². The molecule has 112 valence electrons. The summed E-state index contributed by atoms with van der Waals surface area (Å²) in [6, 6.07) is 9.63. The van der Waals surface area contributed by atoms with Crippen LogP contribution in [0.15, 0.2) is 43.7 Å². The number of carbonyl (C=O) groups is 2. The summed E-state index contributed by atoms with van der Waals surface area (Å²) in [5.41, 5.74) is 0. The summed E-state index contributed by atoms with van der Waals surface area (Å²) in [7, 11) is 0. The molecule has 0 saturated carbocycles. The molecule has 1 unspecified atom stereocenters. The van der Waals surface area contributed by atoms with Crippen LogP contribution in [0.2, 0.25) is 0 Å². The van der Waals surface area contributed by atoms with Crippen LogP contribution in [0.5, 0.6) is 0 Å².